The second-order valence-corrected chi connectivity index (χ2v) is 9.86. The fraction of sp³-hybridized carbons (Fsp3) is 0.455. The quantitative estimate of drug-likeness (QED) is 0.459. The first-order valence-electron chi connectivity index (χ1n) is 10.3. The number of hydrogen-bond donors (Lipinski definition) is 0. The predicted molar refractivity (Wildman–Crippen MR) is 120 cm³/mol. The molecule has 3 heterocycles. The third kappa shape index (κ3) is 3.77. The highest BCUT2D eigenvalue weighted by Gasteiger charge is 2.24. The number of ether oxygens (including phenoxy) is 1. The van der Waals surface area contributed by atoms with Crippen LogP contribution in [0.3, 0.4) is 0 Å². The van der Waals surface area contributed by atoms with Gasteiger partial charge in [0.1, 0.15) is 4.83 Å². The van der Waals surface area contributed by atoms with Crippen LogP contribution in [0.4, 0.5) is 0 Å². The molecule has 1 saturated heterocycles. The van der Waals surface area contributed by atoms with Gasteiger partial charge in [-0.05, 0) is 43.9 Å². The number of hydrogen-bond acceptors (Lipinski definition) is 6. The Morgan fingerprint density at radius 1 is 1.17 bits per heavy atom. The summed E-state index contributed by atoms with van der Waals surface area (Å²) >= 11 is 3.40. The minimum Gasteiger partial charge on any atom is -0.379 e. The molecule has 1 aliphatic carbocycles. The molecular formula is C22H25N3O2S2. The summed E-state index contributed by atoms with van der Waals surface area (Å²) in [5, 5.41) is 1.65. The van der Waals surface area contributed by atoms with Crippen molar-refractivity contribution < 1.29 is 4.74 Å². The van der Waals surface area contributed by atoms with Crippen molar-refractivity contribution in [3.05, 3.63) is 50.6 Å². The van der Waals surface area contributed by atoms with E-state index in [2.05, 4.69) is 24.0 Å². The Bertz CT molecular complexity index is 1080. The number of fused-ring (bicyclic) bond motifs is 3. The number of morpholine rings is 1. The fourth-order valence-corrected chi connectivity index (χ4v) is 6.45. The van der Waals surface area contributed by atoms with Gasteiger partial charge < -0.3 is 4.74 Å². The maximum atomic E-state index is 13.6. The monoisotopic (exact) mass is 427 g/mol. The summed E-state index contributed by atoms with van der Waals surface area (Å²) in [5.41, 5.74) is 3.43. The topological polar surface area (TPSA) is 47.4 Å². The van der Waals surface area contributed by atoms with Crippen molar-refractivity contribution in [1.29, 1.82) is 0 Å². The molecule has 5 rings (SSSR count). The molecule has 3 aromatic rings. The third-order valence-electron chi connectivity index (χ3n) is 5.74. The number of aromatic nitrogens is 2. The molecule has 152 valence electrons. The van der Waals surface area contributed by atoms with E-state index in [1.54, 1.807) is 23.1 Å². The molecular weight excluding hydrogens is 402 g/mol. The molecule has 1 aromatic carbocycles. The van der Waals surface area contributed by atoms with Gasteiger partial charge in [-0.15, -0.1) is 11.3 Å². The van der Waals surface area contributed by atoms with Gasteiger partial charge in [-0.25, -0.2) is 4.98 Å². The summed E-state index contributed by atoms with van der Waals surface area (Å²) in [6.45, 7) is 6.63. The molecule has 7 heteroatoms. The summed E-state index contributed by atoms with van der Waals surface area (Å²) in [5.74, 6) is 0.912. The number of rotatable bonds is 5. The highest BCUT2D eigenvalue weighted by atomic mass is 32.2. The summed E-state index contributed by atoms with van der Waals surface area (Å²) in [4.78, 5) is 23.3. The standard InChI is InChI=1S/C22H25N3O2S2/c1-15-5-7-16(8-6-15)25-21(26)19-17-3-2-4-18(17)29-20(19)23-22(25)28-14-11-24-9-12-27-13-10-24/h5-8H,2-4,9-14H2,1H3. The van der Waals surface area contributed by atoms with Crippen LogP contribution in [0.25, 0.3) is 15.9 Å². The number of thiophene rings is 1. The van der Waals surface area contributed by atoms with Gasteiger partial charge in [0.25, 0.3) is 5.56 Å². The summed E-state index contributed by atoms with van der Waals surface area (Å²) in [6.07, 6.45) is 3.24. The zero-order valence-electron chi connectivity index (χ0n) is 16.6. The SMILES string of the molecule is Cc1ccc(-n2c(SCCN3CCOCC3)nc3sc4c(c3c2=O)CCC4)cc1. The largest absolute Gasteiger partial charge is 0.379 e. The Hall–Kier alpha value is -1.67. The lowest BCUT2D eigenvalue weighted by Gasteiger charge is -2.26. The van der Waals surface area contributed by atoms with Crippen molar-refractivity contribution in [2.45, 2.75) is 31.3 Å². The van der Waals surface area contributed by atoms with Crippen LogP contribution in [0.1, 0.15) is 22.4 Å². The van der Waals surface area contributed by atoms with E-state index in [4.69, 9.17) is 9.72 Å². The smallest absolute Gasteiger partial charge is 0.267 e. The Morgan fingerprint density at radius 2 is 1.97 bits per heavy atom. The van der Waals surface area contributed by atoms with Crippen LogP contribution in [0.2, 0.25) is 0 Å². The van der Waals surface area contributed by atoms with Crippen LogP contribution in [0, 0.1) is 6.92 Å². The van der Waals surface area contributed by atoms with E-state index in [1.807, 2.05) is 16.7 Å². The second kappa shape index (κ2) is 8.22. The lowest BCUT2D eigenvalue weighted by atomic mass is 10.2. The van der Waals surface area contributed by atoms with Crippen LogP contribution < -0.4 is 5.56 Å². The van der Waals surface area contributed by atoms with E-state index in [9.17, 15) is 4.79 Å². The van der Waals surface area contributed by atoms with Gasteiger partial charge >= 0.3 is 0 Å². The number of thioether (sulfide) groups is 1. The highest BCUT2D eigenvalue weighted by molar-refractivity contribution is 7.99. The van der Waals surface area contributed by atoms with Gasteiger partial charge in [0.05, 0.1) is 24.3 Å². The van der Waals surface area contributed by atoms with Crippen LogP contribution >= 0.6 is 23.1 Å². The maximum absolute atomic E-state index is 13.6. The molecule has 5 nitrogen and oxygen atoms in total. The predicted octanol–water partition coefficient (Wildman–Crippen LogP) is 3.67. The third-order valence-corrected chi connectivity index (χ3v) is 7.85. The first-order chi connectivity index (χ1) is 14.2. The molecule has 0 radical (unpaired) electrons. The van der Waals surface area contributed by atoms with E-state index in [-0.39, 0.29) is 5.56 Å². The number of benzene rings is 1. The van der Waals surface area contributed by atoms with Crippen molar-refractivity contribution in [1.82, 2.24) is 14.5 Å². The lowest BCUT2D eigenvalue weighted by Crippen LogP contribution is -2.37. The van der Waals surface area contributed by atoms with E-state index < -0.39 is 0 Å². The highest BCUT2D eigenvalue weighted by Crippen LogP contribution is 2.36. The zero-order valence-corrected chi connectivity index (χ0v) is 18.3. The molecule has 0 saturated carbocycles. The minimum absolute atomic E-state index is 0.0899. The average molecular weight is 428 g/mol. The summed E-state index contributed by atoms with van der Waals surface area (Å²) in [6, 6.07) is 8.18. The molecule has 0 bridgehead atoms. The Kier molecular flexibility index (Phi) is 5.47. The van der Waals surface area contributed by atoms with Crippen molar-refractivity contribution in [3.8, 4) is 5.69 Å². The van der Waals surface area contributed by atoms with Crippen molar-refractivity contribution in [2.75, 3.05) is 38.6 Å². The van der Waals surface area contributed by atoms with Gasteiger partial charge in [-0.2, -0.15) is 0 Å². The molecule has 2 aromatic heterocycles. The Labute approximate surface area is 178 Å². The fourth-order valence-electron chi connectivity index (χ4n) is 4.13. The summed E-state index contributed by atoms with van der Waals surface area (Å²) in [7, 11) is 0. The minimum atomic E-state index is 0.0899. The zero-order chi connectivity index (χ0) is 19.8. The molecule has 29 heavy (non-hydrogen) atoms. The van der Waals surface area contributed by atoms with E-state index in [0.717, 1.165) is 78.9 Å². The molecule has 1 aliphatic heterocycles. The summed E-state index contributed by atoms with van der Waals surface area (Å²) < 4.78 is 7.27. The molecule has 0 atom stereocenters. The van der Waals surface area contributed by atoms with E-state index in [1.165, 1.54) is 16.0 Å². The van der Waals surface area contributed by atoms with E-state index >= 15 is 0 Å². The first-order valence-corrected chi connectivity index (χ1v) is 12.1. The average Bonchev–Trinajstić information content (AvgIpc) is 3.31. The Morgan fingerprint density at radius 3 is 2.76 bits per heavy atom. The molecule has 1 fully saturated rings. The second-order valence-electron chi connectivity index (χ2n) is 7.71. The Balaban J connectivity index is 1.53. The van der Waals surface area contributed by atoms with Gasteiger partial charge in [-0.1, -0.05) is 29.5 Å². The number of aryl methyl sites for hydroxylation is 3. The van der Waals surface area contributed by atoms with Crippen LogP contribution in [-0.4, -0.2) is 53.1 Å². The molecule has 0 N–H and O–H groups in total. The van der Waals surface area contributed by atoms with Gasteiger partial charge in [0.2, 0.25) is 0 Å². The molecule has 0 amide bonds. The molecule has 0 unspecified atom stereocenters. The first kappa shape index (κ1) is 19.3. The van der Waals surface area contributed by atoms with Crippen LogP contribution in [-0.2, 0) is 17.6 Å². The lowest BCUT2D eigenvalue weighted by molar-refractivity contribution is 0.0410. The van der Waals surface area contributed by atoms with Crippen molar-refractivity contribution >= 4 is 33.3 Å². The normalized spacial score (nSPS) is 17.1. The van der Waals surface area contributed by atoms with Gasteiger partial charge in [0, 0.05) is 30.3 Å². The maximum Gasteiger partial charge on any atom is 0.267 e. The van der Waals surface area contributed by atoms with Crippen molar-refractivity contribution in [2.24, 2.45) is 0 Å². The van der Waals surface area contributed by atoms with Gasteiger partial charge in [-0.3, -0.25) is 14.3 Å². The van der Waals surface area contributed by atoms with E-state index in [0.29, 0.717) is 0 Å². The van der Waals surface area contributed by atoms with Crippen LogP contribution in [0.15, 0.2) is 34.2 Å². The van der Waals surface area contributed by atoms with Gasteiger partial charge in [0.15, 0.2) is 5.16 Å². The molecule has 2 aliphatic rings. The van der Waals surface area contributed by atoms with Crippen molar-refractivity contribution in [3.63, 3.8) is 0 Å². The molecule has 0 spiro atoms. The van der Waals surface area contributed by atoms with Crippen LogP contribution in [0.5, 0.6) is 0 Å². The number of nitrogens with zero attached hydrogens (tertiary/aromatic N) is 3.